The summed E-state index contributed by atoms with van der Waals surface area (Å²) in [5, 5.41) is 2.45. The Kier molecular flexibility index (Phi) is 5.63. The van der Waals surface area contributed by atoms with Crippen molar-refractivity contribution >= 4 is 17.2 Å². The lowest BCUT2D eigenvalue weighted by Gasteiger charge is -1.91. The lowest BCUT2D eigenvalue weighted by atomic mass is 10.2. The summed E-state index contributed by atoms with van der Waals surface area (Å²) in [7, 11) is 0. The van der Waals surface area contributed by atoms with Gasteiger partial charge in [0.1, 0.15) is 0 Å². The molecule has 0 radical (unpaired) electrons. The normalized spacial score (nSPS) is 9.06. The maximum Gasteiger partial charge on any atom is 0.293 e. The fourth-order valence-electron chi connectivity index (χ4n) is 1.19. The van der Waals surface area contributed by atoms with Crippen LogP contribution in [0.3, 0.4) is 0 Å². The zero-order valence-corrected chi connectivity index (χ0v) is 9.30. The van der Waals surface area contributed by atoms with Gasteiger partial charge in [-0.2, -0.15) is 0 Å². The Morgan fingerprint density at radius 2 is 2.00 bits per heavy atom. The smallest absolute Gasteiger partial charge is 0.293 e. The fourth-order valence-corrected chi connectivity index (χ4v) is 1.19. The second kappa shape index (κ2) is 7.40. The Hall–Kier alpha value is -1.90. The lowest BCUT2D eigenvalue weighted by Crippen LogP contribution is -1.86. The maximum absolute atomic E-state index is 9.34. The van der Waals surface area contributed by atoms with Gasteiger partial charge in [-0.3, -0.25) is 9.78 Å². The van der Waals surface area contributed by atoms with Crippen LogP contribution in [0, 0.1) is 0 Å². The molecule has 0 fully saturated rings. The van der Waals surface area contributed by atoms with E-state index in [1.165, 1.54) is 10.8 Å². The van der Waals surface area contributed by atoms with E-state index in [9.17, 15) is 4.79 Å². The van der Waals surface area contributed by atoms with Gasteiger partial charge in [0.15, 0.2) is 0 Å². The van der Waals surface area contributed by atoms with Crippen molar-refractivity contribution in [3.05, 3.63) is 42.7 Å². The Balaban J connectivity index is 0.000000187. The molecule has 2 aromatic rings. The van der Waals surface area contributed by atoms with E-state index in [1.54, 1.807) is 0 Å². The van der Waals surface area contributed by atoms with Gasteiger partial charge in [0, 0.05) is 12.4 Å². The molecule has 1 heterocycles. The number of benzene rings is 1. The predicted octanol–water partition coefficient (Wildman–Crippen LogP) is 2.80. The third-order valence-electron chi connectivity index (χ3n) is 1.94. The van der Waals surface area contributed by atoms with Crippen LogP contribution in [0.2, 0.25) is 0 Å². The number of fused-ring (bicyclic) bond motifs is 1. The zero-order chi connectivity index (χ0) is 11.6. The molecule has 0 N–H and O–H groups in total. The van der Waals surface area contributed by atoms with Crippen LogP contribution in [0.1, 0.15) is 13.3 Å². The van der Waals surface area contributed by atoms with Gasteiger partial charge in [-0.05, 0) is 23.3 Å². The number of ether oxygens (including phenoxy) is 1. The largest absolute Gasteiger partial charge is 0.468 e. The van der Waals surface area contributed by atoms with Crippen molar-refractivity contribution in [1.29, 1.82) is 0 Å². The molecule has 16 heavy (non-hydrogen) atoms. The highest BCUT2D eigenvalue weighted by atomic mass is 16.5. The SMILES string of the molecule is CCCOC=O.c1ccc2cnccc2c1. The zero-order valence-electron chi connectivity index (χ0n) is 9.30. The highest BCUT2D eigenvalue weighted by molar-refractivity contribution is 5.80. The highest BCUT2D eigenvalue weighted by Crippen LogP contribution is 2.09. The minimum absolute atomic E-state index is 0.462. The van der Waals surface area contributed by atoms with Crippen molar-refractivity contribution in [3.8, 4) is 0 Å². The van der Waals surface area contributed by atoms with Crippen LogP contribution in [0.4, 0.5) is 0 Å². The number of hydrogen-bond donors (Lipinski definition) is 0. The van der Waals surface area contributed by atoms with Gasteiger partial charge in [0.2, 0.25) is 0 Å². The topological polar surface area (TPSA) is 39.2 Å². The first kappa shape index (κ1) is 12.2. The maximum atomic E-state index is 9.34. The predicted molar refractivity (Wildman–Crippen MR) is 64.1 cm³/mol. The van der Waals surface area contributed by atoms with Gasteiger partial charge in [-0.1, -0.05) is 31.2 Å². The summed E-state index contributed by atoms with van der Waals surface area (Å²) in [4.78, 5) is 13.4. The Morgan fingerprint density at radius 1 is 1.25 bits per heavy atom. The monoisotopic (exact) mass is 217 g/mol. The van der Waals surface area contributed by atoms with E-state index in [2.05, 4.69) is 21.9 Å². The molecule has 0 bridgehead atoms. The van der Waals surface area contributed by atoms with Gasteiger partial charge in [0.05, 0.1) is 6.61 Å². The molecular formula is C13H15NO2. The van der Waals surface area contributed by atoms with Gasteiger partial charge in [-0.25, -0.2) is 0 Å². The molecule has 1 aromatic heterocycles. The number of aromatic nitrogens is 1. The summed E-state index contributed by atoms with van der Waals surface area (Å²) < 4.78 is 4.30. The van der Waals surface area contributed by atoms with Crippen molar-refractivity contribution in [2.45, 2.75) is 13.3 Å². The van der Waals surface area contributed by atoms with Crippen LogP contribution in [0.15, 0.2) is 42.7 Å². The first-order valence-corrected chi connectivity index (χ1v) is 5.22. The number of pyridine rings is 1. The van der Waals surface area contributed by atoms with Crippen molar-refractivity contribution in [2.75, 3.05) is 6.61 Å². The molecule has 0 atom stereocenters. The first-order valence-electron chi connectivity index (χ1n) is 5.22. The molecule has 2 rings (SSSR count). The molecule has 3 nitrogen and oxygen atoms in total. The summed E-state index contributed by atoms with van der Waals surface area (Å²) >= 11 is 0. The Labute approximate surface area is 95.1 Å². The summed E-state index contributed by atoms with van der Waals surface area (Å²) in [6, 6.07) is 10.2. The summed E-state index contributed by atoms with van der Waals surface area (Å²) in [5.41, 5.74) is 0. The second-order valence-electron chi connectivity index (χ2n) is 3.19. The van der Waals surface area contributed by atoms with Gasteiger partial charge < -0.3 is 4.74 Å². The van der Waals surface area contributed by atoms with Crippen LogP contribution in [-0.2, 0) is 9.53 Å². The molecule has 0 amide bonds. The quantitative estimate of drug-likeness (QED) is 0.586. The molecule has 0 aliphatic rings. The lowest BCUT2D eigenvalue weighted by molar-refractivity contribution is -0.128. The fraction of sp³-hybridized carbons (Fsp3) is 0.231. The number of hydrogen-bond acceptors (Lipinski definition) is 3. The van der Waals surface area contributed by atoms with Crippen LogP contribution in [-0.4, -0.2) is 18.1 Å². The van der Waals surface area contributed by atoms with Crippen LogP contribution in [0.5, 0.6) is 0 Å². The number of carbonyl (C=O) groups excluding carboxylic acids is 1. The van der Waals surface area contributed by atoms with E-state index in [-0.39, 0.29) is 0 Å². The van der Waals surface area contributed by atoms with E-state index < -0.39 is 0 Å². The standard InChI is InChI=1S/C9H7N.C4H8O2/c1-2-4-9-7-10-6-5-8(9)3-1;1-2-3-6-4-5/h1-7H;4H,2-3H2,1H3. The Bertz CT molecular complexity index is 363. The molecule has 0 saturated carbocycles. The highest BCUT2D eigenvalue weighted by Gasteiger charge is 1.86. The third-order valence-corrected chi connectivity index (χ3v) is 1.94. The van der Waals surface area contributed by atoms with Crippen molar-refractivity contribution in [2.24, 2.45) is 0 Å². The van der Waals surface area contributed by atoms with Gasteiger partial charge in [-0.15, -0.1) is 0 Å². The molecular weight excluding hydrogens is 202 g/mol. The average molecular weight is 217 g/mol. The van der Waals surface area contributed by atoms with Gasteiger partial charge in [0.25, 0.3) is 6.47 Å². The van der Waals surface area contributed by atoms with E-state index >= 15 is 0 Å². The van der Waals surface area contributed by atoms with Gasteiger partial charge >= 0.3 is 0 Å². The summed E-state index contributed by atoms with van der Waals surface area (Å²) in [6.07, 6.45) is 4.58. The Morgan fingerprint density at radius 3 is 2.56 bits per heavy atom. The minimum atomic E-state index is 0.462. The van der Waals surface area contributed by atoms with Crippen LogP contribution < -0.4 is 0 Å². The molecule has 84 valence electrons. The minimum Gasteiger partial charge on any atom is -0.468 e. The average Bonchev–Trinajstić information content (AvgIpc) is 2.37. The van der Waals surface area contributed by atoms with Crippen molar-refractivity contribution in [3.63, 3.8) is 0 Å². The summed E-state index contributed by atoms with van der Waals surface area (Å²) in [5.74, 6) is 0. The van der Waals surface area contributed by atoms with E-state index in [1.807, 2.05) is 37.5 Å². The summed E-state index contributed by atoms with van der Waals surface area (Å²) in [6.45, 7) is 2.95. The van der Waals surface area contributed by atoms with E-state index in [0.29, 0.717) is 13.1 Å². The molecule has 0 aliphatic carbocycles. The van der Waals surface area contributed by atoms with Crippen LogP contribution in [0.25, 0.3) is 10.8 Å². The van der Waals surface area contributed by atoms with Crippen LogP contribution >= 0.6 is 0 Å². The molecule has 3 heteroatoms. The first-order chi connectivity index (χ1) is 7.88. The van der Waals surface area contributed by atoms with Crippen molar-refractivity contribution < 1.29 is 9.53 Å². The number of rotatable bonds is 3. The van der Waals surface area contributed by atoms with E-state index in [4.69, 9.17) is 0 Å². The molecule has 0 aliphatic heterocycles. The molecule has 0 unspecified atom stereocenters. The molecule has 0 saturated heterocycles. The third kappa shape index (κ3) is 4.09. The van der Waals surface area contributed by atoms with E-state index in [0.717, 1.165) is 6.42 Å². The van der Waals surface area contributed by atoms with Crippen molar-refractivity contribution in [1.82, 2.24) is 4.98 Å². The molecule has 1 aromatic carbocycles. The molecule has 0 spiro atoms. The number of carbonyl (C=O) groups is 1. The second-order valence-corrected chi connectivity index (χ2v) is 3.19. The number of nitrogens with zero attached hydrogens (tertiary/aromatic N) is 1.